The summed E-state index contributed by atoms with van der Waals surface area (Å²) in [5, 5.41) is 12.1. The lowest BCUT2D eigenvalue weighted by Crippen LogP contribution is -2.28. The SMILES string of the molecule is Cc1csc(/N=C2/S/C(=C\c3ccc(C(=O)O)cc3)C(=O)N2c2ccccc2)n1. The minimum Gasteiger partial charge on any atom is -0.478 e. The van der Waals surface area contributed by atoms with Crippen LogP contribution in [0.3, 0.4) is 0 Å². The highest BCUT2D eigenvalue weighted by molar-refractivity contribution is 8.19. The molecule has 2 heterocycles. The van der Waals surface area contributed by atoms with Crippen LogP contribution in [0, 0.1) is 6.92 Å². The first-order valence-electron chi connectivity index (χ1n) is 8.64. The minimum atomic E-state index is -0.987. The summed E-state index contributed by atoms with van der Waals surface area (Å²) in [4.78, 5) is 35.2. The van der Waals surface area contributed by atoms with Crippen molar-refractivity contribution in [3.8, 4) is 0 Å². The number of benzene rings is 2. The van der Waals surface area contributed by atoms with E-state index in [2.05, 4.69) is 9.98 Å². The molecule has 0 spiro atoms. The molecule has 1 fully saturated rings. The fourth-order valence-electron chi connectivity index (χ4n) is 2.70. The normalized spacial score (nSPS) is 16.7. The largest absolute Gasteiger partial charge is 0.478 e. The molecule has 1 amide bonds. The Kier molecular flexibility index (Phi) is 5.28. The summed E-state index contributed by atoms with van der Waals surface area (Å²) in [6.45, 7) is 1.90. The van der Waals surface area contributed by atoms with E-state index in [0.29, 0.717) is 15.2 Å². The fraction of sp³-hybridized carbons (Fsp3) is 0.0476. The van der Waals surface area contributed by atoms with Gasteiger partial charge in [0.25, 0.3) is 5.91 Å². The second kappa shape index (κ2) is 8.02. The lowest BCUT2D eigenvalue weighted by Gasteiger charge is -2.14. The van der Waals surface area contributed by atoms with Crippen molar-refractivity contribution in [3.05, 3.63) is 81.7 Å². The van der Waals surface area contributed by atoms with Crippen molar-refractivity contribution in [1.29, 1.82) is 0 Å². The van der Waals surface area contributed by atoms with Crippen LogP contribution in [0.1, 0.15) is 21.6 Å². The molecule has 0 atom stereocenters. The van der Waals surface area contributed by atoms with E-state index in [-0.39, 0.29) is 11.5 Å². The van der Waals surface area contributed by atoms with Gasteiger partial charge in [-0.3, -0.25) is 9.69 Å². The summed E-state index contributed by atoms with van der Waals surface area (Å²) in [6, 6.07) is 15.7. The number of carbonyl (C=O) groups is 2. The molecule has 6 nitrogen and oxygen atoms in total. The summed E-state index contributed by atoms with van der Waals surface area (Å²) in [5.41, 5.74) is 2.54. The lowest BCUT2D eigenvalue weighted by molar-refractivity contribution is -0.113. The van der Waals surface area contributed by atoms with Crippen LogP contribution in [0.25, 0.3) is 6.08 Å². The number of carbonyl (C=O) groups excluding carboxylic acids is 1. The number of aliphatic imine (C=N–C) groups is 1. The van der Waals surface area contributed by atoms with Crippen LogP contribution in [0.2, 0.25) is 0 Å². The van der Waals surface area contributed by atoms with Gasteiger partial charge in [0.05, 0.1) is 21.8 Å². The Balaban J connectivity index is 1.72. The van der Waals surface area contributed by atoms with E-state index in [0.717, 1.165) is 16.9 Å². The van der Waals surface area contributed by atoms with Crippen LogP contribution in [-0.4, -0.2) is 27.1 Å². The molecule has 144 valence electrons. The van der Waals surface area contributed by atoms with Crippen LogP contribution < -0.4 is 4.90 Å². The highest BCUT2D eigenvalue weighted by Crippen LogP contribution is 2.37. The molecule has 0 unspecified atom stereocenters. The summed E-state index contributed by atoms with van der Waals surface area (Å²) in [5.74, 6) is -1.17. The first-order chi connectivity index (χ1) is 14.0. The second-order valence-corrected chi connectivity index (χ2v) is 8.03. The molecule has 0 aliphatic carbocycles. The van der Waals surface area contributed by atoms with Crippen molar-refractivity contribution in [1.82, 2.24) is 4.98 Å². The molecule has 4 rings (SSSR count). The third-order valence-corrected chi connectivity index (χ3v) is 5.90. The number of thioether (sulfide) groups is 1. The number of nitrogens with zero attached hydrogens (tertiary/aromatic N) is 3. The van der Waals surface area contributed by atoms with Crippen molar-refractivity contribution in [3.63, 3.8) is 0 Å². The van der Waals surface area contributed by atoms with E-state index in [1.54, 1.807) is 23.1 Å². The fourth-order valence-corrected chi connectivity index (χ4v) is 4.41. The van der Waals surface area contributed by atoms with Gasteiger partial charge in [-0.25, -0.2) is 9.78 Å². The molecule has 0 saturated carbocycles. The lowest BCUT2D eigenvalue weighted by atomic mass is 10.1. The Hall–Kier alpha value is -3.23. The molecule has 8 heteroatoms. The maximum atomic E-state index is 13.1. The predicted octanol–water partition coefficient (Wildman–Crippen LogP) is 4.96. The molecule has 0 bridgehead atoms. The Bertz CT molecular complexity index is 1140. The molecule has 1 aliphatic rings. The highest BCUT2D eigenvalue weighted by atomic mass is 32.2. The molecule has 1 N–H and O–H groups in total. The smallest absolute Gasteiger partial charge is 0.335 e. The van der Waals surface area contributed by atoms with Gasteiger partial charge in [-0.15, -0.1) is 11.3 Å². The monoisotopic (exact) mass is 421 g/mol. The number of anilines is 1. The summed E-state index contributed by atoms with van der Waals surface area (Å²) in [6.07, 6.45) is 1.74. The number of amides is 1. The van der Waals surface area contributed by atoms with Gasteiger partial charge in [0.2, 0.25) is 5.13 Å². The third kappa shape index (κ3) is 4.13. The summed E-state index contributed by atoms with van der Waals surface area (Å²) in [7, 11) is 0. The average molecular weight is 422 g/mol. The molecule has 1 saturated heterocycles. The summed E-state index contributed by atoms with van der Waals surface area (Å²) >= 11 is 2.69. The number of hydrogen-bond donors (Lipinski definition) is 1. The number of carboxylic acid groups (broad SMARTS) is 1. The van der Waals surface area contributed by atoms with Gasteiger partial charge < -0.3 is 5.11 Å². The first kappa shape index (κ1) is 19.1. The van der Waals surface area contributed by atoms with Gasteiger partial charge in [-0.1, -0.05) is 30.3 Å². The van der Waals surface area contributed by atoms with E-state index in [1.807, 2.05) is 42.6 Å². The van der Waals surface area contributed by atoms with E-state index in [4.69, 9.17) is 5.11 Å². The average Bonchev–Trinajstić information content (AvgIpc) is 3.26. The zero-order chi connectivity index (χ0) is 20.4. The quantitative estimate of drug-likeness (QED) is 0.602. The number of para-hydroxylation sites is 1. The van der Waals surface area contributed by atoms with Gasteiger partial charge in [0.1, 0.15) is 0 Å². The molecule has 0 radical (unpaired) electrons. The Morgan fingerprint density at radius 2 is 1.86 bits per heavy atom. The van der Waals surface area contributed by atoms with Crippen LogP contribution in [-0.2, 0) is 4.79 Å². The Labute approximate surface area is 175 Å². The number of aromatic carboxylic acids is 1. The van der Waals surface area contributed by atoms with Crippen molar-refractivity contribution in [2.75, 3.05) is 4.90 Å². The number of rotatable bonds is 4. The van der Waals surface area contributed by atoms with Gasteiger partial charge in [0, 0.05) is 5.38 Å². The van der Waals surface area contributed by atoms with Crippen molar-refractivity contribution in [2.24, 2.45) is 4.99 Å². The van der Waals surface area contributed by atoms with Gasteiger partial charge in [-0.05, 0) is 54.6 Å². The number of aromatic nitrogens is 1. The van der Waals surface area contributed by atoms with Gasteiger partial charge in [0.15, 0.2) is 5.17 Å². The number of thiazole rings is 1. The molecule has 1 aromatic heterocycles. The van der Waals surface area contributed by atoms with Crippen molar-refractivity contribution in [2.45, 2.75) is 6.92 Å². The van der Waals surface area contributed by atoms with E-state index < -0.39 is 5.97 Å². The van der Waals surface area contributed by atoms with Gasteiger partial charge in [-0.2, -0.15) is 4.99 Å². The zero-order valence-electron chi connectivity index (χ0n) is 15.3. The number of amidine groups is 1. The molecule has 2 aromatic carbocycles. The van der Waals surface area contributed by atoms with E-state index in [9.17, 15) is 9.59 Å². The molecule has 1 aliphatic heterocycles. The Morgan fingerprint density at radius 1 is 1.14 bits per heavy atom. The first-order valence-corrected chi connectivity index (χ1v) is 10.3. The minimum absolute atomic E-state index is 0.185. The standard InChI is InChI=1S/C21H15N3O3S2/c1-13-12-28-20(22-13)23-21-24(16-5-3-2-4-6-16)18(25)17(29-21)11-14-7-9-15(10-8-14)19(26)27/h2-12H,1H3,(H,26,27)/b17-11-,23-21+. The van der Waals surface area contributed by atoms with Crippen molar-refractivity contribution < 1.29 is 14.7 Å². The third-order valence-electron chi connectivity index (χ3n) is 4.07. The topological polar surface area (TPSA) is 82.9 Å². The van der Waals surface area contributed by atoms with E-state index >= 15 is 0 Å². The van der Waals surface area contributed by atoms with Crippen LogP contribution in [0.5, 0.6) is 0 Å². The highest BCUT2D eigenvalue weighted by Gasteiger charge is 2.34. The summed E-state index contributed by atoms with van der Waals surface area (Å²) < 4.78 is 0. The molecular weight excluding hydrogens is 406 g/mol. The van der Waals surface area contributed by atoms with Crippen molar-refractivity contribution >= 4 is 57.0 Å². The predicted molar refractivity (Wildman–Crippen MR) is 117 cm³/mol. The number of hydrogen-bond acceptors (Lipinski definition) is 6. The van der Waals surface area contributed by atoms with Crippen LogP contribution in [0.4, 0.5) is 10.8 Å². The molecule has 3 aromatic rings. The molecule has 29 heavy (non-hydrogen) atoms. The molecular formula is C21H15N3O3S2. The Morgan fingerprint density at radius 3 is 2.48 bits per heavy atom. The zero-order valence-corrected chi connectivity index (χ0v) is 16.9. The maximum absolute atomic E-state index is 13.1. The van der Waals surface area contributed by atoms with Crippen LogP contribution in [0.15, 0.2) is 69.9 Å². The maximum Gasteiger partial charge on any atom is 0.335 e. The number of carboxylic acids is 1. The van der Waals surface area contributed by atoms with Crippen LogP contribution >= 0.6 is 23.1 Å². The van der Waals surface area contributed by atoms with E-state index in [1.165, 1.54) is 35.2 Å². The second-order valence-electron chi connectivity index (χ2n) is 6.18. The van der Waals surface area contributed by atoms with Gasteiger partial charge >= 0.3 is 5.97 Å². The number of aryl methyl sites for hydroxylation is 1.